The molecule has 0 saturated heterocycles. The van der Waals surface area contributed by atoms with E-state index in [0.717, 1.165) is 27.4 Å². The number of hydrogen-bond acceptors (Lipinski definition) is 4. The summed E-state index contributed by atoms with van der Waals surface area (Å²) < 4.78 is 66.1. The molecule has 0 aliphatic carbocycles. The number of H-pyrrole nitrogens is 1. The summed E-state index contributed by atoms with van der Waals surface area (Å²) in [4.78, 5) is 3.75. The summed E-state index contributed by atoms with van der Waals surface area (Å²) in [5, 5.41) is 6.95. The molecule has 3 aromatic rings. The third kappa shape index (κ3) is 3.07. The number of sulfonamides is 1. The van der Waals surface area contributed by atoms with Crippen LogP contribution < -0.4 is 0 Å². The van der Waals surface area contributed by atoms with Crippen LogP contribution in [-0.4, -0.2) is 34.4 Å². The van der Waals surface area contributed by atoms with Gasteiger partial charge in [-0.1, -0.05) is 11.6 Å². The Morgan fingerprint density at radius 1 is 1.22 bits per heavy atom. The molecule has 3 heterocycles. The zero-order valence-corrected chi connectivity index (χ0v) is 15.2. The van der Waals surface area contributed by atoms with Crippen LogP contribution in [0.5, 0.6) is 0 Å². The highest BCUT2D eigenvalue weighted by molar-refractivity contribution is 7.89. The molecule has 0 saturated carbocycles. The van der Waals surface area contributed by atoms with Gasteiger partial charge >= 0.3 is 6.18 Å². The summed E-state index contributed by atoms with van der Waals surface area (Å²) in [7, 11) is -4.12. The van der Waals surface area contributed by atoms with Crippen molar-refractivity contribution in [2.24, 2.45) is 0 Å². The molecule has 0 fully saturated rings. The molecule has 1 N–H and O–H groups in total. The molecule has 2 aromatic heterocycles. The fraction of sp³-hybridized carbons (Fsp3) is 0.250. The SMILES string of the molecule is O=S(=O)(c1ccc(Cl)c(C(F)(F)F)c1)N1CCc2c(cnc3[nH]ncc23)C1. The first-order chi connectivity index (χ1) is 12.7. The highest BCUT2D eigenvalue weighted by Gasteiger charge is 2.36. The summed E-state index contributed by atoms with van der Waals surface area (Å²) >= 11 is 5.58. The average molecular weight is 417 g/mol. The number of aromatic nitrogens is 3. The molecule has 11 heteroatoms. The van der Waals surface area contributed by atoms with Crippen molar-refractivity contribution in [3.63, 3.8) is 0 Å². The molecule has 1 aliphatic rings. The van der Waals surface area contributed by atoms with Gasteiger partial charge in [-0.15, -0.1) is 0 Å². The minimum atomic E-state index is -4.74. The number of halogens is 4. The molecule has 6 nitrogen and oxygen atoms in total. The topological polar surface area (TPSA) is 79.0 Å². The van der Waals surface area contributed by atoms with Gasteiger partial charge in [-0.25, -0.2) is 13.4 Å². The maximum atomic E-state index is 13.1. The van der Waals surface area contributed by atoms with E-state index in [1.165, 1.54) is 0 Å². The van der Waals surface area contributed by atoms with Gasteiger partial charge in [0.05, 0.1) is 21.7 Å². The summed E-state index contributed by atoms with van der Waals surface area (Å²) in [5.74, 6) is 0. The molecule has 0 unspecified atom stereocenters. The lowest BCUT2D eigenvalue weighted by Gasteiger charge is -2.28. The van der Waals surface area contributed by atoms with Crippen molar-refractivity contribution in [1.82, 2.24) is 19.5 Å². The molecule has 0 bridgehead atoms. The van der Waals surface area contributed by atoms with Crippen molar-refractivity contribution < 1.29 is 21.6 Å². The van der Waals surface area contributed by atoms with Gasteiger partial charge in [0, 0.05) is 24.7 Å². The Bertz CT molecular complexity index is 1140. The Morgan fingerprint density at radius 2 is 2.00 bits per heavy atom. The normalized spacial score (nSPS) is 15.9. The van der Waals surface area contributed by atoms with Crippen LogP contribution in [0.1, 0.15) is 16.7 Å². The van der Waals surface area contributed by atoms with Gasteiger partial charge in [0.1, 0.15) is 0 Å². The van der Waals surface area contributed by atoms with E-state index in [4.69, 9.17) is 11.6 Å². The van der Waals surface area contributed by atoms with Crippen LogP contribution in [0.15, 0.2) is 35.5 Å². The number of nitrogens with zero attached hydrogens (tertiary/aromatic N) is 3. The third-order valence-electron chi connectivity index (χ3n) is 4.52. The van der Waals surface area contributed by atoms with Crippen LogP contribution in [-0.2, 0) is 29.2 Å². The average Bonchev–Trinajstić information content (AvgIpc) is 3.09. The highest BCUT2D eigenvalue weighted by atomic mass is 35.5. The molecule has 27 heavy (non-hydrogen) atoms. The number of alkyl halides is 3. The van der Waals surface area contributed by atoms with Crippen LogP contribution >= 0.6 is 11.6 Å². The second-order valence-corrected chi connectivity index (χ2v) is 8.47. The van der Waals surface area contributed by atoms with E-state index in [1.54, 1.807) is 12.4 Å². The molecule has 1 aromatic carbocycles. The Labute approximate surface area is 157 Å². The fourth-order valence-corrected chi connectivity index (χ4v) is 4.84. The van der Waals surface area contributed by atoms with E-state index in [1.807, 2.05) is 0 Å². The molecular formula is C16H12ClF3N4O2S. The van der Waals surface area contributed by atoms with Gasteiger partial charge in [0.2, 0.25) is 10.0 Å². The number of aromatic amines is 1. The molecule has 142 valence electrons. The predicted molar refractivity (Wildman–Crippen MR) is 91.6 cm³/mol. The fourth-order valence-electron chi connectivity index (χ4n) is 3.17. The van der Waals surface area contributed by atoms with Gasteiger partial charge in [-0.3, -0.25) is 5.10 Å². The first-order valence-corrected chi connectivity index (χ1v) is 9.66. The smallest absolute Gasteiger partial charge is 0.261 e. The summed E-state index contributed by atoms with van der Waals surface area (Å²) in [6, 6.07) is 2.61. The minimum Gasteiger partial charge on any atom is -0.261 e. The highest BCUT2D eigenvalue weighted by Crippen LogP contribution is 2.37. The van der Waals surface area contributed by atoms with Crippen LogP contribution in [0.3, 0.4) is 0 Å². The number of rotatable bonds is 2. The maximum absolute atomic E-state index is 13.1. The molecule has 0 atom stereocenters. The van der Waals surface area contributed by atoms with Crippen LogP contribution in [0.2, 0.25) is 5.02 Å². The van der Waals surface area contributed by atoms with Crippen molar-refractivity contribution in [3.05, 3.63) is 52.3 Å². The second-order valence-electron chi connectivity index (χ2n) is 6.12. The number of fused-ring (bicyclic) bond motifs is 3. The molecular weight excluding hydrogens is 405 g/mol. The lowest BCUT2D eigenvalue weighted by atomic mass is 10.0. The summed E-state index contributed by atoms with van der Waals surface area (Å²) in [5.41, 5.74) is 1.07. The van der Waals surface area contributed by atoms with Crippen molar-refractivity contribution in [1.29, 1.82) is 0 Å². The lowest BCUT2D eigenvalue weighted by molar-refractivity contribution is -0.137. The lowest BCUT2D eigenvalue weighted by Crippen LogP contribution is -2.36. The Morgan fingerprint density at radius 3 is 2.74 bits per heavy atom. The van der Waals surface area contributed by atoms with Gasteiger partial charge < -0.3 is 0 Å². The van der Waals surface area contributed by atoms with E-state index in [9.17, 15) is 21.6 Å². The Hall–Kier alpha value is -2.17. The van der Waals surface area contributed by atoms with Crippen LogP contribution in [0, 0.1) is 0 Å². The number of nitrogens with one attached hydrogen (secondary N) is 1. The standard InChI is InChI=1S/C16H12ClF3N4O2S/c17-14-2-1-10(5-13(14)16(18,19)20)27(25,26)24-4-3-11-9(8-24)6-21-15-12(11)7-22-23-15/h1-2,5-7H,3-4,8H2,(H,21,22,23). The van der Waals surface area contributed by atoms with Crippen molar-refractivity contribution in [2.45, 2.75) is 24.0 Å². The van der Waals surface area contributed by atoms with Gasteiger partial charge in [0.15, 0.2) is 5.65 Å². The molecule has 4 rings (SSSR count). The van der Waals surface area contributed by atoms with Gasteiger partial charge in [-0.2, -0.15) is 22.6 Å². The predicted octanol–water partition coefficient (Wildman–Crippen LogP) is 3.38. The second kappa shape index (κ2) is 6.18. The van der Waals surface area contributed by atoms with Gasteiger partial charge in [0.25, 0.3) is 0 Å². The summed E-state index contributed by atoms with van der Waals surface area (Å²) in [6.45, 7) is 0.166. The first kappa shape index (κ1) is 18.2. The number of pyridine rings is 1. The molecule has 1 aliphatic heterocycles. The van der Waals surface area contributed by atoms with Crippen molar-refractivity contribution >= 4 is 32.7 Å². The van der Waals surface area contributed by atoms with Gasteiger partial charge in [-0.05, 0) is 35.7 Å². The summed E-state index contributed by atoms with van der Waals surface area (Å²) in [6.07, 6.45) is -1.15. The van der Waals surface area contributed by atoms with Crippen LogP contribution in [0.25, 0.3) is 11.0 Å². The quantitative estimate of drug-likeness (QED) is 0.694. The zero-order chi connectivity index (χ0) is 19.4. The zero-order valence-electron chi connectivity index (χ0n) is 13.6. The Kier molecular flexibility index (Phi) is 4.17. The van der Waals surface area contributed by atoms with E-state index >= 15 is 0 Å². The molecule has 0 spiro atoms. The molecule has 0 amide bonds. The largest absolute Gasteiger partial charge is 0.417 e. The Balaban J connectivity index is 1.71. The first-order valence-electron chi connectivity index (χ1n) is 7.84. The maximum Gasteiger partial charge on any atom is 0.417 e. The minimum absolute atomic E-state index is 0.0236. The van der Waals surface area contributed by atoms with E-state index in [0.29, 0.717) is 23.7 Å². The number of benzene rings is 1. The molecule has 0 radical (unpaired) electrons. The van der Waals surface area contributed by atoms with E-state index in [2.05, 4.69) is 15.2 Å². The van der Waals surface area contributed by atoms with Crippen molar-refractivity contribution in [3.8, 4) is 0 Å². The number of hydrogen-bond donors (Lipinski definition) is 1. The van der Waals surface area contributed by atoms with E-state index in [-0.39, 0.29) is 13.1 Å². The van der Waals surface area contributed by atoms with Crippen LogP contribution in [0.4, 0.5) is 13.2 Å². The van der Waals surface area contributed by atoms with E-state index < -0.39 is 31.7 Å². The third-order valence-corrected chi connectivity index (χ3v) is 6.69. The monoisotopic (exact) mass is 416 g/mol. The van der Waals surface area contributed by atoms with Crippen molar-refractivity contribution in [2.75, 3.05) is 6.54 Å².